The Morgan fingerprint density at radius 3 is 2.24 bits per heavy atom. The number of rotatable bonds is 3. The summed E-state index contributed by atoms with van der Waals surface area (Å²) in [6, 6.07) is 7.42. The van der Waals surface area contributed by atoms with Crippen LogP contribution in [0.4, 0.5) is 0 Å². The maximum atomic E-state index is 5.55. The van der Waals surface area contributed by atoms with Crippen LogP contribution in [0.5, 0.6) is 5.75 Å². The maximum absolute atomic E-state index is 5.55. The number of hydrogen-bond acceptors (Lipinski definition) is 2. The maximum Gasteiger partial charge on any atom is 0.219 e. The van der Waals surface area contributed by atoms with Crippen LogP contribution in [0.25, 0.3) is 0 Å². The monoisotopic (exact) mass is 235 g/mol. The molecule has 1 rings (SSSR count). The Hall–Kier alpha value is -2.24. The van der Waals surface area contributed by atoms with Gasteiger partial charge in [-0.05, 0) is 24.6 Å². The van der Waals surface area contributed by atoms with E-state index in [2.05, 4.69) is 9.98 Å². The standard InChI is InChI=1S/C11H17N5O/c1-7(15-11(14)16-10(12)13)8-3-5-9(17-2)6-4-8/h3-7H,1-2H3,(H6,12,13,14,15,16). The van der Waals surface area contributed by atoms with E-state index < -0.39 is 0 Å². The van der Waals surface area contributed by atoms with E-state index in [1.807, 2.05) is 31.2 Å². The molecule has 1 unspecified atom stereocenters. The molecule has 0 saturated heterocycles. The van der Waals surface area contributed by atoms with Crippen LogP contribution in [0.2, 0.25) is 0 Å². The zero-order chi connectivity index (χ0) is 12.8. The van der Waals surface area contributed by atoms with Crippen molar-refractivity contribution in [2.24, 2.45) is 27.2 Å². The largest absolute Gasteiger partial charge is 0.497 e. The van der Waals surface area contributed by atoms with E-state index in [1.165, 1.54) is 0 Å². The van der Waals surface area contributed by atoms with Crippen LogP contribution >= 0.6 is 0 Å². The molecule has 1 atom stereocenters. The predicted octanol–water partition coefficient (Wildman–Crippen LogP) is 0.344. The van der Waals surface area contributed by atoms with Gasteiger partial charge in [0.1, 0.15) is 5.75 Å². The average Bonchev–Trinajstić information content (AvgIpc) is 2.28. The Morgan fingerprint density at radius 1 is 1.18 bits per heavy atom. The summed E-state index contributed by atoms with van der Waals surface area (Å²) in [4.78, 5) is 7.80. The minimum absolute atomic E-state index is 0.0633. The second-order valence-electron chi connectivity index (χ2n) is 3.47. The number of hydrogen-bond donors (Lipinski definition) is 3. The molecule has 0 amide bonds. The van der Waals surface area contributed by atoms with Gasteiger partial charge in [0.15, 0.2) is 5.96 Å². The molecular weight excluding hydrogens is 218 g/mol. The Bertz CT molecular complexity index is 420. The molecule has 6 nitrogen and oxygen atoms in total. The molecule has 1 aromatic rings. The van der Waals surface area contributed by atoms with Crippen molar-refractivity contribution in [3.05, 3.63) is 29.8 Å². The fourth-order valence-corrected chi connectivity index (χ4v) is 1.32. The van der Waals surface area contributed by atoms with Gasteiger partial charge in [0, 0.05) is 0 Å². The highest BCUT2D eigenvalue weighted by atomic mass is 16.5. The summed E-state index contributed by atoms with van der Waals surface area (Å²) in [6.07, 6.45) is 0. The summed E-state index contributed by atoms with van der Waals surface area (Å²) in [5, 5.41) is 0. The minimum Gasteiger partial charge on any atom is -0.497 e. The summed E-state index contributed by atoms with van der Waals surface area (Å²) in [5.41, 5.74) is 16.9. The van der Waals surface area contributed by atoms with E-state index >= 15 is 0 Å². The van der Waals surface area contributed by atoms with E-state index in [1.54, 1.807) is 7.11 Å². The molecule has 0 spiro atoms. The van der Waals surface area contributed by atoms with Crippen molar-refractivity contribution < 1.29 is 4.74 Å². The summed E-state index contributed by atoms with van der Waals surface area (Å²) < 4.78 is 5.07. The predicted molar refractivity (Wildman–Crippen MR) is 68.8 cm³/mol. The molecule has 6 N–H and O–H groups in total. The lowest BCUT2D eigenvalue weighted by Gasteiger charge is -2.08. The lowest BCUT2D eigenvalue weighted by atomic mass is 10.1. The first-order valence-electron chi connectivity index (χ1n) is 5.09. The van der Waals surface area contributed by atoms with Crippen molar-refractivity contribution in [3.63, 3.8) is 0 Å². The SMILES string of the molecule is COc1ccc(C(C)N=C(N)N=C(N)N)cc1. The zero-order valence-electron chi connectivity index (χ0n) is 9.92. The number of nitrogens with zero attached hydrogens (tertiary/aromatic N) is 2. The molecular formula is C11H17N5O. The fourth-order valence-electron chi connectivity index (χ4n) is 1.32. The molecule has 1 aromatic carbocycles. The van der Waals surface area contributed by atoms with Crippen LogP contribution in [-0.4, -0.2) is 19.0 Å². The molecule has 0 bridgehead atoms. The van der Waals surface area contributed by atoms with Gasteiger partial charge >= 0.3 is 0 Å². The highest BCUT2D eigenvalue weighted by molar-refractivity contribution is 5.92. The molecule has 0 aromatic heterocycles. The second kappa shape index (κ2) is 5.74. The number of methoxy groups -OCH3 is 1. The summed E-state index contributed by atoms with van der Waals surface area (Å²) in [5.74, 6) is 0.753. The van der Waals surface area contributed by atoms with Crippen molar-refractivity contribution in [2.45, 2.75) is 13.0 Å². The van der Waals surface area contributed by atoms with E-state index in [-0.39, 0.29) is 18.0 Å². The van der Waals surface area contributed by atoms with Crippen molar-refractivity contribution in [3.8, 4) is 5.75 Å². The van der Waals surface area contributed by atoms with Gasteiger partial charge in [-0.15, -0.1) is 0 Å². The molecule has 0 radical (unpaired) electrons. The van der Waals surface area contributed by atoms with Crippen molar-refractivity contribution in [1.29, 1.82) is 0 Å². The van der Waals surface area contributed by atoms with Gasteiger partial charge in [0.25, 0.3) is 0 Å². The quantitative estimate of drug-likeness (QED) is 0.518. The van der Waals surface area contributed by atoms with Gasteiger partial charge in [0.2, 0.25) is 5.96 Å². The summed E-state index contributed by atoms with van der Waals surface area (Å²) in [7, 11) is 1.62. The molecule has 17 heavy (non-hydrogen) atoms. The van der Waals surface area contributed by atoms with Crippen LogP contribution < -0.4 is 21.9 Å². The first-order chi connectivity index (χ1) is 8.02. The first-order valence-corrected chi connectivity index (χ1v) is 5.09. The number of nitrogens with two attached hydrogens (primary N) is 3. The van der Waals surface area contributed by atoms with Crippen LogP contribution in [-0.2, 0) is 0 Å². The van der Waals surface area contributed by atoms with E-state index in [0.717, 1.165) is 11.3 Å². The lowest BCUT2D eigenvalue weighted by molar-refractivity contribution is 0.414. The highest BCUT2D eigenvalue weighted by Crippen LogP contribution is 2.19. The van der Waals surface area contributed by atoms with Crippen LogP contribution in [0, 0.1) is 0 Å². The van der Waals surface area contributed by atoms with Gasteiger partial charge in [-0.3, -0.25) is 0 Å². The number of guanidine groups is 2. The van der Waals surface area contributed by atoms with Crippen LogP contribution in [0.3, 0.4) is 0 Å². The third kappa shape index (κ3) is 4.02. The summed E-state index contributed by atoms with van der Waals surface area (Å²) in [6.45, 7) is 1.90. The number of benzene rings is 1. The number of ether oxygens (including phenoxy) is 1. The Labute approximate surface area is 100 Å². The van der Waals surface area contributed by atoms with Crippen LogP contribution in [0.15, 0.2) is 34.3 Å². The molecule has 6 heteroatoms. The molecule has 0 aliphatic rings. The van der Waals surface area contributed by atoms with Gasteiger partial charge < -0.3 is 21.9 Å². The Kier molecular flexibility index (Phi) is 4.33. The van der Waals surface area contributed by atoms with E-state index in [4.69, 9.17) is 21.9 Å². The molecule has 92 valence electrons. The van der Waals surface area contributed by atoms with Gasteiger partial charge in [-0.1, -0.05) is 12.1 Å². The van der Waals surface area contributed by atoms with Crippen molar-refractivity contribution in [2.75, 3.05) is 7.11 Å². The second-order valence-corrected chi connectivity index (χ2v) is 3.47. The lowest BCUT2D eigenvalue weighted by Crippen LogP contribution is -2.26. The number of aliphatic imine (C=N–C) groups is 2. The molecule has 0 aliphatic heterocycles. The zero-order valence-corrected chi connectivity index (χ0v) is 9.92. The Morgan fingerprint density at radius 2 is 1.76 bits per heavy atom. The van der Waals surface area contributed by atoms with Gasteiger partial charge in [0.05, 0.1) is 13.2 Å². The van der Waals surface area contributed by atoms with E-state index in [0.29, 0.717) is 0 Å². The third-order valence-electron chi connectivity index (χ3n) is 2.17. The molecule has 0 aliphatic carbocycles. The van der Waals surface area contributed by atoms with Gasteiger partial charge in [-0.25, -0.2) is 4.99 Å². The third-order valence-corrected chi connectivity index (χ3v) is 2.17. The normalized spacial score (nSPS) is 12.9. The van der Waals surface area contributed by atoms with E-state index in [9.17, 15) is 0 Å². The average molecular weight is 235 g/mol. The van der Waals surface area contributed by atoms with Crippen LogP contribution in [0.1, 0.15) is 18.5 Å². The smallest absolute Gasteiger partial charge is 0.219 e. The minimum atomic E-state index is -0.121. The van der Waals surface area contributed by atoms with Crippen molar-refractivity contribution in [1.82, 2.24) is 0 Å². The molecule has 0 fully saturated rings. The topological polar surface area (TPSA) is 112 Å². The summed E-state index contributed by atoms with van der Waals surface area (Å²) >= 11 is 0. The van der Waals surface area contributed by atoms with Gasteiger partial charge in [-0.2, -0.15) is 4.99 Å². The highest BCUT2D eigenvalue weighted by Gasteiger charge is 2.04. The Balaban J connectivity index is 2.82. The fraction of sp³-hybridized carbons (Fsp3) is 0.273. The molecule has 0 saturated carbocycles. The first kappa shape index (κ1) is 12.8. The van der Waals surface area contributed by atoms with Crippen molar-refractivity contribution >= 4 is 11.9 Å². The molecule has 0 heterocycles.